The van der Waals surface area contributed by atoms with Crippen LogP contribution in [0.5, 0.6) is 5.75 Å². The number of hydrogen-bond donors (Lipinski definition) is 1. The van der Waals surface area contributed by atoms with Crippen LogP contribution in [0.4, 0.5) is 0 Å². The van der Waals surface area contributed by atoms with Gasteiger partial charge < -0.3 is 15.0 Å². The summed E-state index contributed by atoms with van der Waals surface area (Å²) in [7, 11) is 0. The van der Waals surface area contributed by atoms with Crippen LogP contribution in [0.25, 0.3) is 0 Å². The number of hydrogen-bond acceptors (Lipinski definition) is 3. The highest BCUT2D eigenvalue weighted by Gasteiger charge is 2.39. The van der Waals surface area contributed by atoms with Crippen molar-refractivity contribution in [3.8, 4) is 5.75 Å². The molecule has 128 valence electrons. The molecule has 4 nitrogen and oxygen atoms in total. The largest absolute Gasteiger partial charge is 0.490 e. The molecular weight excluding hydrogens is 335 g/mol. The number of ether oxygens (including phenoxy) is 1. The van der Waals surface area contributed by atoms with Crippen molar-refractivity contribution in [1.29, 1.82) is 0 Å². The van der Waals surface area contributed by atoms with E-state index in [9.17, 15) is 4.79 Å². The minimum absolute atomic E-state index is 0. The van der Waals surface area contributed by atoms with Gasteiger partial charge in [0.05, 0.1) is 11.6 Å². The molecule has 0 atom stereocenters. The maximum absolute atomic E-state index is 12.2. The first kappa shape index (κ1) is 18.4. The Hall–Kier alpha value is -0.970. The Kier molecular flexibility index (Phi) is 6.57. The number of benzene rings is 1. The topological polar surface area (TPSA) is 41.6 Å². The van der Waals surface area contributed by atoms with Gasteiger partial charge in [-0.15, -0.1) is 12.4 Å². The molecule has 3 rings (SSSR count). The molecule has 1 aromatic carbocycles. The lowest BCUT2D eigenvalue weighted by Gasteiger charge is -2.45. The predicted molar refractivity (Wildman–Crippen MR) is 94.5 cm³/mol. The molecule has 2 aliphatic rings. The van der Waals surface area contributed by atoms with Gasteiger partial charge in [0.15, 0.2) is 0 Å². The number of amides is 1. The first-order chi connectivity index (χ1) is 10.7. The standard InChI is InChI=1S/C17H23ClN2O2.ClH/c18-14-3-1-2-4-15(14)22-12-11-20-13-17(6-5-16(20)21)7-9-19-10-8-17;/h1-4,19H,5-13H2;1H. The molecule has 0 saturated carbocycles. The van der Waals surface area contributed by atoms with E-state index in [1.165, 1.54) is 12.8 Å². The van der Waals surface area contributed by atoms with Crippen LogP contribution in [-0.2, 0) is 4.79 Å². The fraction of sp³-hybridized carbons (Fsp3) is 0.588. The fourth-order valence-electron chi connectivity index (χ4n) is 3.50. The number of nitrogens with one attached hydrogen (secondary N) is 1. The number of piperidine rings is 2. The van der Waals surface area contributed by atoms with Gasteiger partial charge in [0, 0.05) is 13.0 Å². The Morgan fingerprint density at radius 3 is 2.70 bits per heavy atom. The quantitative estimate of drug-likeness (QED) is 0.898. The van der Waals surface area contributed by atoms with E-state index < -0.39 is 0 Å². The van der Waals surface area contributed by atoms with Crippen molar-refractivity contribution in [2.75, 3.05) is 32.8 Å². The summed E-state index contributed by atoms with van der Waals surface area (Å²) in [5, 5.41) is 4.02. The maximum Gasteiger partial charge on any atom is 0.222 e. The van der Waals surface area contributed by atoms with Crippen molar-refractivity contribution in [2.24, 2.45) is 5.41 Å². The van der Waals surface area contributed by atoms with E-state index in [2.05, 4.69) is 5.32 Å². The van der Waals surface area contributed by atoms with Crippen LogP contribution in [0, 0.1) is 5.41 Å². The van der Waals surface area contributed by atoms with Gasteiger partial charge in [-0.1, -0.05) is 23.7 Å². The van der Waals surface area contributed by atoms with Crippen LogP contribution in [0.15, 0.2) is 24.3 Å². The van der Waals surface area contributed by atoms with Gasteiger partial charge in [0.2, 0.25) is 5.91 Å². The number of carbonyl (C=O) groups excluding carboxylic acids is 1. The average Bonchev–Trinajstić information content (AvgIpc) is 2.54. The minimum atomic E-state index is 0. The lowest BCUT2D eigenvalue weighted by molar-refractivity contribution is -0.138. The van der Waals surface area contributed by atoms with E-state index in [1.54, 1.807) is 0 Å². The monoisotopic (exact) mass is 358 g/mol. The van der Waals surface area contributed by atoms with Gasteiger partial charge in [-0.05, 0) is 49.9 Å². The molecule has 2 saturated heterocycles. The smallest absolute Gasteiger partial charge is 0.222 e. The zero-order chi connectivity index (χ0) is 15.4. The number of carbonyl (C=O) groups is 1. The van der Waals surface area contributed by atoms with Crippen LogP contribution >= 0.6 is 24.0 Å². The summed E-state index contributed by atoms with van der Waals surface area (Å²) in [6.45, 7) is 4.14. The highest BCUT2D eigenvalue weighted by atomic mass is 35.5. The van der Waals surface area contributed by atoms with E-state index in [1.807, 2.05) is 29.2 Å². The van der Waals surface area contributed by atoms with Crippen LogP contribution in [-0.4, -0.2) is 43.6 Å². The van der Waals surface area contributed by atoms with Crippen molar-refractivity contribution >= 4 is 29.9 Å². The molecule has 1 aromatic rings. The first-order valence-electron chi connectivity index (χ1n) is 8.04. The summed E-state index contributed by atoms with van der Waals surface area (Å²) in [5.41, 5.74) is 0.323. The molecule has 0 unspecified atom stereocenters. The van der Waals surface area contributed by atoms with Crippen LogP contribution < -0.4 is 10.1 Å². The van der Waals surface area contributed by atoms with Crippen molar-refractivity contribution < 1.29 is 9.53 Å². The Morgan fingerprint density at radius 2 is 1.96 bits per heavy atom. The summed E-state index contributed by atoms with van der Waals surface area (Å²) in [6, 6.07) is 7.45. The van der Waals surface area contributed by atoms with Gasteiger partial charge >= 0.3 is 0 Å². The highest BCUT2D eigenvalue weighted by molar-refractivity contribution is 6.32. The lowest BCUT2D eigenvalue weighted by Crippen LogP contribution is -2.51. The second-order valence-electron chi connectivity index (χ2n) is 6.34. The summed E-state index contributed by atoms with van der Waals surface area (Å²) < 4.78 is 5.73. The molecule has 2 heterocycles. The van der Waals surface area contributed by atoms with Crippen molar-refractivity contribution in [3.05, 3.63) is 29.3 Å². The Morgan fingerprint density at radius 1 is 1.22 bits per heavy atom. The Balaban J connectivity index is 0.00000192. The molecular formula is C17H24Cl2N2O2. The van der Waals surface area contributed by atoms with E-state index in [0.717, 1.165) is 26.1 Å². The van der Waals surface area contributed by atoms with Crippen LogP contribution in [0.2, 0.25) is 5.02 Å². The third-order valence-corrected chi connectivity index (χ3v) is 5.18. The predicted octanol–water partition coefficient (Wildman–Crippen LogP) is 3.13. The molecule has 1 amide bonds. The lowest BCUT2D eigenvalue weighted by atomic mass is 9.73. The number of halogens is 2. The van der Waals surface area contributed by atoms with Crippen LogP contribution in [0.1, 0.15) is 25.7 Å². The van der Waals surface area contributed by atoms with E-state index >= 15 is 0 Å². The summed E-state index contributed by atoms with van der Waals surface area (Å²) in [5.74, 6) is 0.942. The SMILES string of the molecule is Cl.O=C1CCC2(CCNCC2)CN1CCOc1ccccc1Cl. The minimum Gasteiger partial charge on any atom is -0.490 e. The van der Waals surface area contributed by atoms with Gasteiger partial charge in [0.1, 0.15) is 12.4 Å². The second kappa shape index (κ2) is 8.22. The molecule has 0 aliphatic carbocycles. The zero-order valence-corrected chi connectivity index (χ0v) is 14.8. The first-order valence-corrected chi connectivity index (χ1v) is 8.42. The third kappa shape index (κ3) is 4.52. The molecule has 6 heteroatoms. The fourth-order valence-corrected chi connectivity index (χ4v) is 3.69. The molecule has 1 spiro atoms. The van der Waals surface area contributed by atoms with Gasteiger partial charge in [-0.3, -0.25) is 4.79 Å². The third-order valence-electron chi connectivity index (χ3n) is 4.87. The Labute approximate surface area is 148 Å². The maximum atomic E-state index is 12.2. The average molecular weight is 359 g/mol. The number of para-hydroxylation sites is 1. The van der Waals surface area contributed by atoms with Crippen molar-refractivity contribution in [3.63, 3.8) is 0 Å². The van der Waals surface area contributed by atoms with Crippen molar-refractivity contribution in [1.82, 2.24) is 10.2 Å². The van der Waals surface area contributed by atoms with Crippen molar-refractivity contribution in [2.45, 2.75) is 25.7 Å². The summed E-state index contributed by atoms with van der Waals surface area (Å²) in [6.07, 6.45) is 4.05. The van der Waals surface area contributed by atoms with Crippen LogP contribution in [0.3, 0.4) is 0 Å². The molecule has 23 heavy (non-hydrogen) atoms. The normalized spacial score (nSPS) is 20.2. The zero-order valence-electron chi connectivity index (χ0n) is 13.2. The second-order valence-corrected chi connectivity index (χ2v) is 6.75. The molecule has 0 bridgehead atoms. The summed E-state index contributed by atoms with van der Waals surface area (Å²) in [4.78, 5) is 14.1. The van der Waals surface area contributed by atoms with E-state index in [0.29, 0.717) is 35.8 Å². The van der Waals surface area contributed by atoms with E-state index in [-0.39, 0.29) is 18.3 Å². The number of rotatable bonds is 4. The van der Waals surface area contributed by atoms with E-state index in [4.69, 9.17) is 16.3 Å². The molecule has 1 N–H and O–H groups in total. The molecule has 0 aromatic heterocycles. The Bertz CT molecular complexity index is 533. The highest BCUT2D eigenvalue weighted by Crippen LogP contribution is 2.38. The van der Waals surface area contributed by atoms with Gasteiger partial charge in [0.25, 0.3) is 0 Å². The number of likely N-dealkylation sites (tertiary alicyclic amines) is 1. The molecule has 2 aliphatic heterocycles. The van der Waals surface area contributed by atoms with Gasteiger partial charge in [-0.25, -0.2) is 0 Å². The summed E-state index contributed by atoms with van der Waals surface area (Å²) >= 11 is 6.08. The molecule has 0 radical (unpaired) electrons. The molecule has 2 fully saturated rings. The van der Waals surface area contributed by atoms with Gasteiger partial charge in [-0.2, -0.15) is 0 Å². The number of nitrogens with zero attached hydrogens (tertiary/aromatic N) is 1.